The fourth-order valence-electron chi connectivity index (χ4n) is 2.22. The Kier molecular flexibility index (Phi) is 2.04. The highest BCUT2D eigenvalue weighted by atomic mass is 15.3. The average molecular weight is 226 g/mol. The molecular formula is C13H14N4. The Labute approximate surface area is 99.5 Å². The van der Waals surface area contributed by atoms with Crippen LogP contribution in [0.1, 0.15) is 11.3 Å². The van der Waals surface area contributed by atoms with Crippen molar-refractivity contribution in [2.24, 2.45) is 7.05 Å². The van der Waals surface area contributed by atoms with Crippen molar-refractivity contribution in [2.45, 2.75) is 13.8 Å². The van der Waals surface area contributed by atoms with Crippen molar-refractivity contribution in [3.05, 3.63) is 41.9 Å². The summed E-state index contributed by atoms with van der Waals surface area (Å²) in [5, 5.41) is 5.56. The third-order valence-electron chi connectivity index (χ3n) is 2.99. The van der Waals surface area contributed by atoms with E-state index in [0.717, 1.165) is 17.2 Å². The number of nitrogens with zero attached hydrogens (tertiary/aromatic N) is 4. The molecule has 4 heteroatoms. The number of hydrogen-bond acceptors (Lipinski definition) is 2. The van der Waals surface area contributed by atoms with Crippen molar-refractivity contribution >= 4 is 11.0 Å². The van der Waals surface area contributed by atoms with E-state index < -0.39 is 0 Å². The first-order valence-electron chi connectivity index (χ1n) is 5.60. The zero-order chi connectivity index (χ0) is 12.0. The van der Waals surface area contributed by atoms with Crippen molar-refractivity contribution in [3.63, 3.8) is 0 Å². The van der Waals surface area contributed by atoms with E-state index in [2.05, 4.69) is 39.9 Å². The summed E-state index contributed by atoms with van der Waals surface area (Å²) in [5.41, 5.74) is 3.22. The van der Waals surface area contributed by atoms with Crippen LogP contribution in [0.5, 0.6) is 0 Å². The lowest BCUT2D eigenvalue weighted by Crippen LogP contribution is -2.02. The maximum Gasteiger partial charge on any atom is 0.145 e. The van der Waals surface area contributed by atoms with Gasteiger partial charge in [-0.1, -0.05) is 0 Å². The Morgan fingerprint density at radius 1 is 1.24 bits per heavy atom. The van der Waals surface area contributed by atoms with E-state index in [-0.39, 0.29) is 0 Å². The number of fused-ring (bicyclic) bond motifs is 1. The van der Waals surface area contributed by atoms with Crippen molar-refractivity contribution in [2.75, 3.05) is 0 Å². The van der Waals surface area contributed by atoms with E-state index in [1.54, 1.807) is 0 Å². The van der Waals surface area contributed by atoms with Gasteiger partial charge in [0.2, 0.25) is 0 Å². The maximum absolute atomic E-state index is 4.45. The van der Waals surface area contributed by atoms with Gasteiger partial charge in [-0.05, 0) is 31.5 Å². The van der Waals surface area contributed by atoms with Crippen LogP contribution in [0.3, 0.4) is 0 Å². The van der Waals surface area contributed by atoms with Gasteiger partial charge in [0, 0.05) is 30.9 Å². The molecular weight excluding hydrogens is 212 g/mol. The second-order valence-electron chi connectivity index (χ2n) is 4.32. The lowest BCUT2D eigenvalue weighted by atomic mass is 10.2. The number of aromatic nitrogens is 4. The maximum atomic E-state index is 4.45. The van der Waals surface area contributed by atoms with Gasteiger partial charge in [0.25, 0.3) is 0 Å². The Bertz CT molecular complexity index is 691. The molecule has 0 fully saturated rings. The monoisotopic (exact) mass is 226 g/mol. The predicted octanol–water partition coefficient (Wildman–Crippen LogP) is 2.38. The summed E-state index contributed by atoms with van der Waals surface area (Å²) in [6.07, 6.45) is 3.93. The van der Waals surface area contributed by atoms with Crippen LogP contribution in [0.25, 0.3) is 16.9 Å². The standard InChI is InChI=1S/C13H14N4/c1-9-8-17(12-7-10(2)15-16(12)3)13-11(9)5-4-6-14-13/h4-8H,1-3H3. The van der Waals surface area contributed by atoms with Gasteiger partial charge in [0.05, 0.1) is 5.69 Å². The van der Waals surface area contributed by atoms with Crippen LogP contribution in [-0.4, -0.2) is 19.3 Å². The number of aryl methyl sites for hydroxylation is 3. The molecule has 0 aliphatic heterocycles. The summed E-state index contributed by atoms with van der Waals surface area (Å²) in [6, 6.07) is 6.12. The molecule has 4 nitrogen and oxygen atoms in total. The van der Waals surface area contributed by atoms with Gasteiger partial charge in [0.15, 0.2) is 0 Å². The van der Waals surface area contributed by atoms with E-state index in [4.69, 9.17) is 0 Å². The lowest BCUT2D eigenvalue weighted by molar-refractivity contribution is 0.726. The molecule has 3 heterocycles. The summed E-state index contributed by atoms with van der Waals surface area (Å²) in [4.78, 5) is 4.45. The highest BCUT2D eigenvalue weighted by Gasteiger charge is 2.10. The molecule has 0 atom stereocenters. The molecule has 0 aliphatic rings. The first-order chi connectivity index (χ1) is 8.16. The SMILES string of the molecule is Cc1cc(-n2cc(C)c3cccnc32)n(C)n1. The number of hydrogen-bond donors (Lipinski definition) is 0. The van der Waals surface area contributed by atoms with Gasteiger partial charge in [-0.25, -0.2) is 4.98 Å². The molecule has 17 heavy (non-hydrogen) atoms. The van der Waals surface area contributed by atoms with Crippen LogP contribution in [0, 0.1) is 13.8 Å². The van der Waals surface area contributed by atoms with Crippen molar-refractivity contribution < 1.29 is 0 Å². The quantitative estimate of drug-likeness (QED) is 0.638. The zero-order valence-corrected chi connectivity index (χ0v) is 10.2. The minimum atomic E-state index is 0.980. The highest BCUT2D eigenvalue weighted by molar-refractivity contribution is 5.81. The molecule has 86 valence electrons. The highest BCUT2D eigenvalue weighted by Crippen LogP contribution is 2.22. The molecule has 0 saturated carbocycles. The summed E-state index contributed by atoms with van der Waals surface area (Å²) < 4.78 is 3.97. The molecule has 0 saturated heterocycles. The van der Waals surface area contributed by atoms with Crippen LogP contribution in [0.15, 0.2) is 30.6 Å². The van der Waals surface area contributed by atoms with Gasteiger partial charge in [0.1, 0.15) is 11.5 Å². The smallest absolute Gasteiger partial charge is 0.145 e. The summed E-state index contributed by atoms with van der Waals surface area (Å²) in [6.45, 7) is 4.10. The molecule has 0 bridgehead atoms. The normalized spacial score (nSPS) is 11.2. The van der Waals surface area contributed by atoms with Crippen LogP contribution in [0.4, 0.5) is 0 Å². The number of pyridine rings is 1. The molecule has 3 rings (SSSR count). The van der Waals surface area contributed by atoms with Crippen LogP contribution in [0.2, 0.25) is 0 Å². The van der Waals surface area contributed by atoms with E-state index in [1.165, 1.54) is 10.9 Å². The summed E-state index contributed by atoms with van der Waals surface area (Å²) in [7, 11) is 1.95. The van der Waals surface area contributed by atoms with E-state index >= 15 is 0 Å². The van der Waals surface area contributed by atoms with Gasteiger partial charge in [-0.3, -0.25) is 9.25 Å². The lowest BCUT2D eigenvalue weighted by Gasteiger charge is -2.03. The first-order valence-corrected chi connectivity index (χ1v) is 5.60. The molecule has 0 N–H and O–H groups in total. The molecule has 3 aromatic rings. The fraction of sp³-hybridized carbons (Fsp3) is 0.231. The molecule has 0 amide bonds. The van der Waals surface area contributed by atoms with Gasteiger partial charge in [-0.15, -0.1) is 0 Å². The summed E-state index contributed by atoms with van der Waals surface area (Å²) >= 11 is 0. The number of rotatable bonds is 1. The molecule has 3 aromatic heterocycles. The van der Waals surface area contributed by atoms with Gasteiger partial charge in [-0.2, -0.15) is 5.10 Å². The zero-order valence-electron chi connectivity index (χ0n) is 10.2. The molecule has 0 radical (unpaired) electrons. The Hall–Kier alpha value is -2.10. The van der Waals surface area contributed by atoms with Crippen molar-refractivity contribution in [1.29, 1.82) is 0 Å². The summed E-state index contributed by atoms with van der Waals surface area (Å²) in [5.74, 6) is 1.04. The second-order valence-corrected chi connectivity index (χ2v) is 4.32. The topological polar surface area (TPSA) is 35.6 Å². The first kappa shape index (κ1) is 10.1. The third kappa shape index (κ3) is 1.45. The van der Waals surface area contributed by atoms with Crippen molar-refractivity contribution in [1.82, 2.24) is 19.3 Å². The largest absolute Gasteiger partial charge is 0.285 e. The molecule has 0 aliphatic carbocycles. The Morgan fingerprint density at radius 3 is 2.76 bits per heavy atom. The minimum absolute atomic E-state index is 0.980. The van der Waals surface area contributed by atoms with Crippen LogP contribution in [-0.2, 0) is 7.05 Å². The fourth-order valence-corrected chi connectivity index (χ4v) is 2.22. The minimum Gasteiger partial charge on any atom is -0.285 e. The molecule has 0 spiro atoms. The average Bonchev–Trinajstić information content (AvgIpc) is 2.80. The Balaban J connectivity index is 2.34. The van der Waals surface area contributed by atoms with Gasteiger partial charge >= 0.3 is 0 Å². The van der Waals surface area contributed by atoms with Gasteiger partial charge < -0.3 is 0 Å². The van der Waals surface area contributed by atoms with E-state index in [0.29, 0.717) is 0 Å². The predicted molar refractivity (Wildman–Crippen MR) is 67.3 cm³/mol. The van der Waals surface area contributed by atoms with Crippen molar-refractivity contribution in [3.8, 4) is 5.82 Å². The molecule has 0 unspecified atom stereocenters. The molecule has 0 aromatic carbocycles. The van der Waals surface area contributed by atoms with E-state index in [1.807, 2.05) is 30.9 Å². The Morgan fingerprint density at radius 2 is 2.06 bits per heavy atom. The second kappa shape index (κ2) is 3.45. The third-order valence-corrected chi connectivity index (χ3v) is 2.99. The van der Waals surface area contributed by atoms with Crippen LogP contribution >= 0.6 is 0 Å². The van der Waals surface area contributed by atoms with Crippen LogP contribution < -0.4 is 0 Å². The van der Waals surface area contributed by atoms with E-state index in [9.17, 15) is 0 Å².